The van der Waals surface area contributed by atoms with Crippen LogP contribution in [-0.4, -0.2) is 115 Å². The molecule has 1 aliphatic carbocycles. The number of halogens is 2. The van der Waals surface area contributed by atoms with Crippen LogP contribution in [0.15, 0.2) is 82.9 Å². The number of benzene rings is 1. The number of allylic oxidation sites excluding steroid dienone is 4. The molecule has 2 fully saturated rings. The first kappa shape index (κ1) is 40.8. The molecule has 8 rings (SSSR count). The van der Waals surface area contributed by atoms with E-state index in [0.29, 0.717) is 46.1 Å². The second-order valence-corrected chi connectivity index (χ2v) is 17.4. The van der Waals surface area contributed by atoms with E-state index in [9.17, 15) is 39.6 Å². The lowest BCUT2D eigenvalue weighted by molar-refractivity contribution is -0.143. The fraction of sp³-hybridized carbons (Fsp3) is 0.395. The maximum atomic E-state index is 13.9. The Balaban J connectivity index is 1.05. The minimum absolute atomic E-state index is 0.153. The summed E-state index contributed by atoms with van der Waals surface area (Å²) in [6.45, 7) is 7.18. The number of carboxylic acid groups (broad SMARTS) is 2. The third-order valence-electron chi connectivity index (χ3n) is 12.3. The fourth-order valence-corrected chi connectivity index (χ4v) is 10.0. The van der Waals surface area contributed by atoms with Crippen LogP contribution in [0.3, 0.4) is 0 Å². The van der Waals surface area contributed by atoms with Gasteiger partial charge in [0.05, 0.1) is 22.1 Å². The predicted molar refractivity (Wildman–Crippen MR) is 225 cm³/mol. The van der Waals surface area contributed by atoms with Gasteiger partial charge in [0.1, 0.15) is 23.1 Å². The van der Waals surface area contributed by atoms with Crippen LogP contribution >= 0.6 is 23.2 Å². The van der Waals surface area contributed by atoms with Gasteiger partial charge < -0.3 is 38.4 Å². The number of aromatic nitrogens is 4. The smallest absolute Gasteiger partial charge is 0.321 e. The molecule has 3 aliphatic rings. The van der Waals surface area contributed by atoms with Gasteiger partial charge in [-0.1, -0.05) is 48.0 Å². The van der Waals surface area contributed by atoms with Crippen molar-refractivity contribution in [2.45, 2.75) is 81.8 Å². The molecule has 0 amide bonds. The second kappa shape index (κ2) is 15.6. The summed E-state index contributed by atoms with van der Waals surface area (Å²) in [6, 6.07) is 7.76. The van der Waals surface area contributed by atoms with E-state index in [1.54, 1.807) is 33.8 Å². The molecule has 16 heteroatoms. The summed E-state index contributed by atoms with van der Waals surface area (Å²) in [7, 11) is 0. The fourth-order valence-electron chi connectivity index (χ4n) is 9.29. The Morgan fingerprint density at radius 1 is 0.780 bits per heavy atom. The molecule has 0 saturated carbocycles. The van der Waals surface area contributed by atoms with Crippen molar-refractivity contribution < 1.29 is 30.0 Å². The number of hydrogen-bond acceptors (Lipinski definition) is 8. The monoisotopic (exact) mass is 844 g/mol. The maximum absolute atomic E-state index is 13.9. The first-order chi connectivity index (χ1) is 28.0. The van der Waals surface area contributed by atoms with Crippen molar-refractivity contribution in [3.05, 3.63) is 122 Å². The number of aliphatic hydroxyl groups is 2. The number of alkyl halides is 1. The van der Waals surface area contributed by atoms with E-state index in [1.165, 1.54) is 0 Å². The van der Waals surface area contributed by atoms with Gasteiger partial charge in [0.15, 0.2) is 0 Å². The number of aryl methyl sites for hydroxylation is 2. The van der Waals surface area contributed by atoms with Gasteiger partial charge in [0.25, 0.3) is 11.1 Å². The summed E-state index contributed by atoms with van der Waals surface area (Å²) in [5, 5.41) is 39.9. The van der Waals surface area contributed by atoms with E-state index in [1.807, 2.05) is 88.1 Å². The highest BCUT2D eigenvalue weighted by Crippen LogP contribution is 2.50. The Morgan fingerprint density at radius 2 is 1.29 bits per heavy atom. The molecule has 0 bridgehead atoms. The predicted octanol–water partition coefficient (Wildman–Crippen LogP) is 4.23. The molecular formula is C43H46Cl2N6O8. The second-order valence-electron chi connectivity index (χ2n) is 16.2. The van der Waals surface area contributed by atoms with Crippen LogP contribution in [0, 0.1) is 13.8 Å². The zero-order valence-corrected chi connectivity index (χ0v) is 34.3. The van der Waals surface area contributed by atoms with E-state index in [0.717, 1.165) is 22.3 Å². The lowest BCUT2D eigenvalue weighted by atomic mass is 9.76. The molecule has 59 heavy (non-hydrogen) atoms. The zero-order valence-electron chi connectivity index (χ0n) is 32.8. The van der Waals surface area contributed by atoms with Crippen LogP contribution in [-0.2, 0) is 22.7 Å². The number of carboxylic acids is 2. The Hall–Kier alpha value is -4.96. The summed E-state index contributed by atoms with van der Waals surface area (Å²) in [4.78, 5) is 53.6. The van der Waals surface area contributed by atoms with Crippen molar-refractivity contribution in [2.75, 3.05) is 26.2 Å². The van der Waals surface area contributed by atoms with Gasteiger partial charge in [-0.05, 0) is 49.6 Å². The van der Waals surface area contributed by atoms with Gasteiger partial charge in [-0.15, -0.1) is 11.6 Å². The summed E-state index contributed by atoms with van der Waals surface area (Å²) in [6.07, 6.45) is 12.2. The first-order valence-corrected chi connectivity index (χ1v) is 20.4. The van der Waals surface area contributed by atoms with E-state index < -0.39 is 41.1 Å². The molecule has 2 aliphatic heterocycles. The molecule has 6 atom stereocenters. The van der Waals surface area contributed by atoms with Crippen LogP contribution in [0.25, 0.3) is 27.7 Å². The highest BCUT2D eigenvalue weighted by Gasteiger charge is 2.40. The average Bonchev–Trinajstić information content (AvgIpc) is 3.96. The van der Waals surface area contributed by atoms with E-state index >= 15 is 0 Å². The van der Waals surface area contributed by atoms with Crippen LogP contribution in [0.5, 0.6) is 0 Å². The zero-order chi connectivity index (χ0) is 42.1. The number of carbonyl (C=O) groups is 2. The molecule has 2 unspecified atom stereocenters. The van der Waals surface area contributed by atoms with E-state index in [-0.39, 0.29) is 56.1 Å². The van der Waals surface area contributed by atoms with E-state index in [4.69, 9.17) is 23.2 Å². The van der Waals surface area contributed by atoms with Crippen LogP contribution in [0.1, 0.15) is 48.2 Å². The molecule has 2 saturated heterocycles. The van der Waals surface area contributed by atoms with Gasteiger partial charge in [0, 0.05) is 105 Å². The van der Waals surface area contributed by atoms with Gasteiger partial charge in [-0.2, -0.15) is 0 Å². The molecule has 310 valence electrons. The molecule has 14 nitrogen and oxygen atoms in total. The third kappa shape index (κ3) is 7.36. The van der Waals surface area contributed by atoms with Gasteiger partial charge in [0.2, 0.25) is 0 Å². The van der Waals surface area contributed by atoms with Gasteiger partial charge in [-0.3, -0.25) is 29.0 Å². The normalized spacial score (nSPS) is 25.1. The van der Waals surface area contributed by atoms with Crippen molar-refractivity contribution >= 4 is 51.7 Å². The van der Waals surface area contributed by atoms with Gasteiger partial charge >= 0.3 is 11.9 Å². The first-order valence-electron chi connectivity index (χ1n) is 19.6. The van der Waals surface area contributed by atoms with Crippen molar-refractivity contribution in [1.82, 2.24) is 27.7 Å². The SMILES string of the molecule is Cc1cn2cc(C3=CC=CC(c4cccc(-c5cc6c(=O)n(CCN7C[C@@H](O)C[C@@H]7C(=O)O)c(C)cn6c5)c4Cl)C3(C)Cl)cc2c(=O)n1CCN1C[C@@H](O)C[C@@H]1C(=O)O. The summed E-state index contributed by atoms with van der Waals surface area (Å²) >= 11 is 14.8. The molecule has 0 spiro atoms. The minimum Gasteiger partial charge on any atom is -0.480 e. The number of fused-ring (bicyclic) bond motifs is 2. The molecule has 4 aromatic heterocycles. The number of likely N-dealkylation sites (tertiary alicyclic amines) is 2. The standard InChI is InChI=1S/C43H46Cl2N6O8/c1-24-18-48-20-26(14-34(48)39(54)50(24)12-10-46-22-28(52)16-36(46)41(56)57)30-6-4-7-31(38(30)44)33-9-5-8-32(43(33,3)45)27-15-35-40(55)51(25(2)19-49(35)21-27)13-11-47-23-29(53)17-37(47)42(58)59/h4-9,14-15,18-21,28-29,33,36-37,52-53H,10-13,16-17,22-23H2,1-3H3,(H,56,57)(H,58,59)/t28-,29-,33?,36+,37+,43?/m0/s1. The Kier molecular flexibility index (Phi) is 10.8. The average molecular weight is 846 g/mol. The van der Waals surface area contributed by atoms with Crippen molar-refractivity contribution in [2.24, 2.45) is 0 Å². The van der Waals surface area contributed by atoms with Crippen molar-refractivity contribution in [3.8, 4) is 11.1 Å². The Morgan fingerprint density at radius 3 is 1.81 bits per heavy atom. The third-order valence-corrected chi connectivity index (χ3v) is 13.2. The van der Waals surface area contributed by atoms with Crippen molar-refractivity contribution in [1.29, 1.82) is 0 Å². The number of β-amino-alcohol motifs (C(OH)–C–C–N with tert-alkyl or cyclic N) is 2. The van der Waals surface area contributed by atoms with Crippen LogP contribution < -0.4 is 11.1 Å². The molecule has 4 N–H and O–H groups in total. The van der Waals surface area contributed by atoms with Crippen LogP contribution in [0.2, 0.25) is 5.02 Å². The quantitative estimate of drug-likeness (QED) is 0.141. The van der Waals surface area contributed by atoms with Gasteiger partial charge in [-0.25, -0.2) is 0 Å². The maximum Gasteiger partial charge on any atom is 0.321 e. The number of aliphatic hydroxyl groups excluding tert-OH is 2. The lowest BCUT2D eigenvalue weighted by Gasteiger charge is -2.35. The minimum atomic E-state index is -1.00. The molecule has 0 radical (unpaired) electrons. The number of nitrogens with zero attached hydrogens (tertiary/aromatic N) is 6. The largest absolute Gasteiger partial charge is 0.480 e. The van der Waals surface area contributed by atoms with Crippen molar-refractivity contribution in [3.63, 3.8) is 0 Å². The Bertz CT molecular complexity index is 2690. The van der Waals surface area contributed by atoms with E-state index in [2.05, 4.69) is 0 Å². The highest BCUT2D eigenvalue weighted by molar-refractivity contribution is 6.35. The molecule has 6 heterocycles. The number of aliphatic carboxylic acids is 2. The summed E-state index contributed by atoms with van der Waals surface area (Å²) < 4.78 is 6.81. The summed E-state index contributed by atoms with van der Waals surface area (Å²) in [5.74, 6) is -2.37. The Labute approximate surface area is 349 Å². The highest BCUT2D eigenvalue weighted by atomic mass is 35.5. The number of rotatable bonds is 11. The molecule has 1 aromatic carbocycles. The van der Waals surface area contributed by atoms with Crippen LogP contribution in [0.4, 0.5) is 0 Å². The molecular weight excluding hydrogens is 799 g/mol. The molecule has 5 aromatic rings. The summed E-state index contributed by atoms with van der Waals surface area (Å²) in [5.41, 5.74) is 5.60. The number of hydrogen-bond donors (Lipinski definition) is 4. The topological polar surface area (TPSA) is 174 Å². The lowest BCUT2D eigenvalue weighted by Crippen LogP contribution is -2.39.